The molecule has 0 aliphatic rings. The van der Waals surface area contributed by atoms with Crippen LogP contribution in [0.15, 0.2) is 58.0 Å². The van der Waals surface area contributed by atoms with Crippen molar-refractivity contribution in [1.82, 2.24) is 0 Å². The maximum absolute atomic E-state index is 5.76. The Balaban J connectivity index is 1.83. The Morgan fingerprint density at radius 1 is 1.22 bits per heavy atom. The maximum atomic E-state index is 5.76. The number of benzene rings is 1. The van der Waals surface area contributed by atoms with Gasteiger partial charge in [0.1, 0.15) is 0 Å². The minimum Gasteiger partial charge on any atom is -0.377 e. The number of hydrogen-bond acceptors (Lipinski definition) is 4. The van der Waals surface area contributed by atoms with Crippen molar-refractivity contribution in [2.24, 2.45) is 15.9 Å². The first kappa shape index (κ1) is 12.9. The second kappa shape index (κ2) is 6.98. The van der Waals surface area contributed by atoms with Crippen LogP contribution in [0.3, 0.4) is 0 Å². The maximum Gasteiger partial charge on any atom is 0.180 e. The lowest BCUT2D eigenvalue weighted by Gasteiger charge is -1.98. The second-order valence-corrected chi connectivity index (χ2v) is 5.45. The SMILES string of the molecule is NC(=NN=Cc1cccs1)SCc1ccccc1. The van der Waals surface area contributed by atoms with Gasteiger partial charge < -0.3 is 5.73 Å². The van der Waals surface area contributed by atoms with E-state index in [1.165, 1.54) is 17.3 Å². The molecule has 1 aromatic carbocycles. The quantitative estimate of drug-likeness (QED) is 0.528. The van der Waals surface area contributed by atoms with Crippen LogP contribution in [0.1, 0.15) is 10.4 Å². The van der Waals surface area contributed by atoms with Crippen LogP contribution >= 0.6 is 23.1 Å². The zero-order chi connectivity index (χ0) is 12.6. The molecular formula is C13H13N3S2. The molecule has 0 spiro atoms. The van der Waals surface area contributed by atoms with Crippen molar-refractivity contribution in [3.63, 3.8) is 0 Å². The number of nitrogens with two attached hydrogens (primary N) is 1. The highest BCUT2D eigenvalue weighted by Gasteiger charge is 1.95. The van der Waals surface area contributed by atoms with Gasteiger partial charge in [0.05, 0.1) is 6.21 Å². The summed E-state index contributed by atoms with van der Waals surface area (Å²) in [5.41, 5.74) is 6.99. The first-order valence-corrected chi connectivity index (χ1v) is 7.28. The third-order valence-electron chi connectivity index (χ3n) is 2.11. The van der Waals surface area contributed by atoms with Crippen molar-refractivity contribution in [3.8, 4) is 0 Å². The van der Waals surface area contributed by atoms with Gasteiger partial charge in [-0.3, -0.25) is 0 Å². The third kappa shape index (κ3) is 4.35. The van der Waals surface area contributed by atoms with Gasteiger partial charge in [0.15, 0.2) is 5.17 Å². The Hall–Kier alpha value is -1.59. The molecule has 5 heteroatoms. The van der Waals surface area contributed by atoms with E-state index < -0.39 is 0 Å². The van der Waals surface area contributed by atoms with Gasteiger partial charge >= 0.3 is 0 Å². The lowest BCUT2D eigenvalue weighted by molar-refractivity contribution is 1.25. The van der Waals surface area contributed by atoms with E-state index in [1.807, 2.05) is 35.7 Å². The summed E-state index contributed by atoms with van der Waals surface area (Å²) in [5, 5.41) is 10.4. The smallest absolute Gasteiger partial charge is 0.180 e. The highest BCUT2D eigenvalue weighted by molar-refractivity contribution is 8.13. The van der Waals surface area contributed by atoms with Gasteiger partial charge in [-0.1, -0.05) is 48.2 Å². The van der Waals surface area contributed by atoms with Gasteiger partial charge in [-0.2, -0.15) is 5.10 Å². The minimum absolute atomic E-state index is 0.478. The molecule has 0 atom stereocenters. The van der Waals surface area contributed by atoms with Gasteiger partial charge in [-0.15, -0.1) is 16.4 Å². The first-order valence-electron chi connectivity index (χ1n) is 5.41. The number of thioether (sulfide) groups is 1. The summed E-state index contributed by atoms with van der Waals surface area (Å²) < 4.78 is 0. The standard InChI is InChI=1S/C13H13N3S2/c14-13(16-15-9-12-7-4-8-17-12)18-10-11-5-2-1-3-6-11/h1-9H,10H2,(H2,14,16). The van der Waals surface area contributed by atoms with E-state index in [2.05, 4.69) is 22.3 Å². The zero-order valence-corrected chi connectivity index (χ0v) is 11.3. The van der Waals surface area contributed by atoms with Gasteiger partial charge in [0.25, 0.3) is 0 Å². The van der Waals surface area contributed by atoms with Crippen molar-refractivity contribution < 1.29 is 0 Å². The van der Waals surface area contributed by atoms with E-state index in [0.29, 0.717) is 5.17 Å². The topological polar surface area (TPSA) is 50.7 Å². The number of amidine groups is 1. The van der Waals surface area contributed by atoms with Crippen LogP contribution < -0.4 is 5.73 Å². The highest BCUT2D eigenvalue weighted by Crippen LogP contribution is 2.11. The number of hydrogen-bond donors (Lipinski definition) is 1. The third-order valence-corrected chi connectivity index (χ3v) is 3.78. The molecule has 0 saturated carbocycles. The predicted molar refractivity (Wildman–Crippen MR) is 81.3 cm³/mol. The molecule has 1 aromatic heterocycles. The van der Waals surface area contributed by atoms with Crippen LogP contribution in [0.25, 0.3) is 0 Å². The van der Waals surface area contributed by atoms with Crippen molar-refractivity contribution in [2.75, 3.05) is 0 Å². The van der Waals surface area contributed by atoms with E-state index in [4.69, 9.17) is 5.73 Å². The molecule has 0 fully saturated rings. The van der Waals surface area contributed by atoms with E-state index in [0.717, 1.165) is 10.6 Å². The molecule has 92 valence electrons. The van der Waals surface area contributed by atoms with E-state index in [-0.39, 0.29) is 0 Å². The lowest BCUT2D eigenvalue weighted by Crippen LogP contribution is -2.05. The van der Waals surface area contributed by atoms with Crippen molar-refractivity contribution in [2.45, 2.75) is 5.75 Å². The first-order chi connectivity index (χ1) is 8.84. The van der Waals surface area contributed by atoms with E-state index in [9.17, 15) is 0 Å². The Morgan fingerprint density at radius 2 is 2.06 bits per heavy atom. The molecule has 3 nitrogen and oxygen atoms in total. The summed E-state index contributed by atoms with van der Waals surface area (Å²) in [6, 6.07) is 14.1. The molecule has 2 N–H and O–H groups in total. The molecule has 2 rings (SSSR count). The highest BCUT2D eigenvalue weighted by atomic mass is 32.2. The van der Waals surface area contributed by atoms with Crippen LogP contribution in [0.2, 0.25) is 0 Å². The minimum atomic E-state index is 0.478. The summed E-state index contributed by atoms with van der Waals surface area (Å²) in [7, 11) is 0. The van der Waals surface area contributed by atoms with E-state index in [1.54, 1.807) is 17.6 Å². The summed E-state index contributed by atoms with van der Waals surface area (Å²) in [6.07, 6.45) is 1.71. The fraction of sp³-hybridized carbons (Fsp3) is 0.0769. The van der Waals surface area contributed by atoms with Crippen LogP contribution in [0, 0.1) is 0 Å². The second-order valence-electron chi connectivity index (χ2n) is 3.47. The Kier molecular flexibility index (Phi) is 4.99. The van der Waals surface area contributed by atoms with Crippen molar-refractivity contribution >= 4 is 34.5 Å². The molecular weight excluding hydrogens is 262 g/mol. The lowest BCUT2D eigenvalue weighted by atomic mass is 10.2. The Morgan fingerprint density at radius 3 is 2.78 bits per heavy atom. The molecule has 0 bridgehead atoms. The molecule has 2 aromatic rings. The molecule has 0 aliphatic heterocycles. The predicted octanol–water partition coefficient (Wildman–Crippen LogP) is 3.33. The van der Waals surface area contributed by atoms with Crippen molar-refractivity contribution in [1.29, 1.82) is 0 Å². The summed E-state index contributed by atoms with van der Waals surface area (Å²) >= 11 is 3.10. The molecule has 1 heterocycles. The van der Waals surface area contributed by atoms with E-state index >= 15 is 0 Å². The molecule has 0 aliphatic carbocycles. The number of thiophene rings is 1. The molecule has 18 heavy (non-hydrogen) atoms. The van der Waals surface area contributed by atoms with Gasteiger partial charge in [-0.25, -0.2) is 0 Å². The van der Waals surface area contributed by atoms with Crippen LogP contribution in [-0.4, -0.2) is 11.4 Å². The Bertz CT molecular complexity index is 518. The van der Waals surface area contributed by atoms with Crippen LogP contribution in [0.4, 0.5) is 0 Å². The van der Waals surface area contributed by atoms with Gasteiger partial charge in [-0.05, 0) is 17.0 Å². The Labute approximate surface area is 114 Å². The molecule has 0 saturated heterocycles. The number of rotatable bonds is 4. The fourth-order valence-electron chi connectivity index (χ4n) is 1.27. The van der Waals surface area contributed by atoms with Crippen LogP contribution in [0.5, 0.6) is 0 Å². The van der Waals surface area contributed by atoms with Gasteiger partial charge in [0, 0.05) is 10.6 Å². The van der Waals surface area contributed by atoms with Gasteiger partial charge in [0.2, 0.25) is 0 Å². The molecule has 0 unspecified atom stereocenters. The largest absolute Gasteiger partial charge is 0.377 e. The summed E-state index contributed by atoms with van der Waals surface area (Å²) in [6.45, 7) is 0. The number of nitrogens with zero attached hydrogens (tertiary/aromatic N) is 2. The molecule has 0 amide bonds. The monoisotopic (exact) mass is 275 g/mol. The molecule has 0 radical (unpaired) electrons. The zero-order valence-electron chi connectivity index (χ0n) is 9.69. The average Bonchev–Trinajstić information content (AvgIpc) is 2.91. The van der Waals surface area contributed by atoms with Crippen molar-refractivity contribution in [3.05, 3.63) is 58.3 Å². The summed E-state index contributed by atoms with van der Waals surface area (Å²) in [4.78, 5) is 1.07. The van der Waals surface area contributed by atoms with Crippen LogP contribution in [-0.2, 0) is 5.75 Å². The normalized spacial score (nSPS) is 12.1. The fourth-order valence-corrected chi connectivity index (χ4v) is 2.46. The summed E-state index contributed by atoms with van der Waals surface area (Å²) in [5.74, 6) is 0.810. The average molecular weight is 275 g/mol.